The van der Waals surface area contributed by atoms with Crippen LogP contribution in [0.4, 0.5) is 0 Å². The number of fused-ring (bicyclic) bond motifs is 3. The fraction of sp³-hybridized carbons (Fsp3) is 0.368. The Kier molecular flexibility index (Phi) is 4.68. The van der Waals surface area contributed by atoms with E-state index in [0.29, 0.717) is 30.4 Å². The van der Waals surface area contributed by atoms with E-state index >= 15 is 0 Å². The SMILES string of the molecule is CC(N)CC(C)COc1cc2c(cc1C#N)-c1ccncc1CO2. The third-order valence-electron chi connectivity index (χ3n) is 4.08. The molecule has 0 aliphatic carbocycles. The van der Waals surface area contributed by atoms with Crippen LogP contribution in [-0.4, -0.2) is 17.6 Å². The minimum Gasteiger partial charge on any atom is -0.492 e. The fourth-order valence-corrected chi connectivity index (χ4v) is 2.99. The van der Waals surface area contributed by atoms with Gasteiger partial charge in [-0.15, -0.1) is 0 Å². The smallest absolute Gasteiger partial charge is 0.140 e. The molecule has 0 fully saturated rings. The highest BCUT2D eigenvalue weighted by Gasteiger charge is 2.21. The molecule has 0 saturated carbocycles. The number of nitriles is 1. The normalized spacial score (nSPS) is 14.6. The van der Waals surface area contributed by atoms with Gasteiger partial charge in [0.15, 0.2) is 0 Å². The fourth-order valence-electron chi connectivity index (χ4n) is 2.99. The number of hydrogen-bond acceptors (Lipinski definition) is 5. The molecule has 2 N–H and O–H groups in total. The summed E-state index contributed by atoms with van der Waals surface area (Å²) in [5.74, 6) is 1.62. The van der Waals surface area contributed by atoms with Crippen LogP contribution in [0, 0.1) is 17.2 Å². The molecule has 24 heavy (non-hydrogen) atoms. The second-order valence-electron chi connectivity index (χ2n) is 6.41. The first-order valence-electron chi connectivity index (χ1n) is 8.11. The molecular formula is C19H21N3O2. The molecule has 5 nitrogen and oxygen atoms in total. The molecule has 2 atom stereocenters. The monoisotopic (exact) mass is 323 g/mol. The molecule has 0 bridgehead atoms. The topological polar surface area (TPSA) is 81.2 Å². The molecule has 1 aromatic heterocycles. The highest BCUT2D eigenvalue weighted by Crippen LogP contribution is 2.41. The number of nitrogens with two attached hydrogens (primary N) is 1. The maximum Gasteiger partial charge on any atom is 0.140 e. The van der Waals surface area contributed by atoms with Gasteiger partial charge in [-0.2, -0.15) is 5.26 Å². The first kappa shape index (κ1) is 16.3. The van der Waals surface area contributed by atoms with E-state index in [1.54, 1.807) is 12.4 Å². The van der Waals surface area contributed by atoms with Crippen LogP contribution in [0.25, 0.3) is 11.1 Å². The lowest BCUT2D eigenvalue weighted by atomic mass is 9.97. The second kappa shape index (κ2) is 6.90. The van der Waals surface area contributed by atoms with Crippen molar-refractivity contribution in [2.24, 2.45) is 11.7 Å². The molecule has 124 valence electrons. The lowest BCUT2D eigenvalue weighted by molar-refractivity contribution is 0.243. The quantitative estimate of drug-likeness (QED) is 0.913. The first-order chi connectivity index (χ1) is 11.6. The Labute approximate surface area is 142 Å². The Hall–Kier alpha value is -2.58. The number of nitrogens with zero attached hydrogens (tertiary/aromatic N) is 2. The van der Waals surface area contributed by atoms with Crippen molar-refractivity contribution in [2.75, 3.05) is 6.61 Å². The summed E-state index contributed by atoms with van der Waals surface area (Å²) in [6.45, 7) is 5.07. The van der Waals surface area contributed by atoms with Gasteiger partial charge >= 0.3 is 0 Å². The van der Waals surface area contributed by atoms with Gasteiger partial charge in [0.2, 0.25) is 0 Å². The summed E-state index contributed by atoms with van der Waals surface area (Å²) in [6.07, 6.45) is 4.42. The van der Waals surface area contributed by atoms with E-state index in [0.717, 1.165) is 28.9 Å². The van der Waals surface area contributed by atoms with Crippen LogP contribution in [0.3, 0.4) is 0 Å². The van der Waals surface area contributed by atoms with Crippen LogP contribution in [0.2, 0.25) is 0 Å². The third kappa shape index (κ3) is 3.34. The molecule has 2 heterocycles. The van der Waals surface area contributed by atoms with Gasteiger partial charge in [0.25, 0.3) is 0 Å². The highest BCUT2D eigenvalue weighted by atomic mass is 16.5. The van der Waals surface area contributed by atoms with Crippen LogP contribution in [0.15, 0.2) is 30.6 Å². The standard InChI is InChI=1S/C19H21N3O2/c1-12(5-13(2)21)10-23-18-7-19-17(6-14(18)8-20)16-3-4-22-9-15(16)11-24-19/h3-4,6-7,9,12-13H,5,10-11,21H2,1-2H3. The lowest BCUT2D eigenvalue weighted by Crippen LogP contribution is -2.21. The van der Waals surface area contributed by atoms with Crippen molar-refractivity contribution < 1.29 is 9.47 Å². The molecule has 1 aliphatic rings. The van der Waals surface area contributed by atoms with Crippen molar-refractivity contribution in [3.05, 3.63) is 41.7 Å². The number of rotatable bonds is 5. The van der Waals surface area contributed by atoms with Crippen molar-refractivity contribution >= 4 is 0 Å². The predicted octanol–water partition coefficient (Wildman–Crippen LogP) is 3.26. The van der Waals surface area contributed by atoms with Gasteiger partial charge in [-0.1, -0.05) is 6.92 Å². The van der Waals surface area contributed by atoms with Crippen molar-refractivity contribution in [3.8, 4) is 28.7 Å². The van der Waals surface area contributed by atoms with Crippen molar-refractivity contribution in [2.45, 2.75) is 32.9 Å². The van der Waals surface area contributed by atoms with E-state index in [-0.39, 0.29) is 6.04 Å². The van der Waals surface area contributed by atoms with Crippen LogP contribution < -0.4 is 15.2 Å². The largest absolute Gasteiger partial charge is 0.492 e. The van der Waals surface area contributed by atoms with E-state index in [1.165, 1.54) is 0 Å². The molecule has 0 spiro atoms. The average molecular weight is 323 g/mol. The van der Waals surface area contributed by atoms with Gasteiger partial charge in [-0.05, 0) is 37.0 Å². The zero-order valence-electron chi connectivity index (χ0n) is 14.0. The van der Waals surface area contributed by atoms with E-state index in [9.17, 15) is 5.26 Å². The van der Waals surface area contributed by atoms with E-state index in [2.05, 4.69) is 18.0 Å². The van der Waals surface area contributed by atoms with E-state index in [1.807, 2.05) is 25.1 Å². The lowest BCUT2D eigenvalue weighted by Gasteiger charge is -2.22. The van der Waals surface area contributed by atoms with Gasteiger partial charge in [0, 0.05) is 35.6 Å². The average Bonchev–Trinajstić information content (AvgIpc) is 2.58. The molecule has 0 radical (unpaired) electrons. The number of hydrogen-bond donors (Lipinski definition) is 1. The maximum absolute atomic E-state index is 9.48. The molecule has 2 aromatic rings. The van der Waals surface area contributed by atoms with Gasteiger partial charge in [0.05, 0.1) is 12.2 Å². The minimum absolute atomic E-state index is 0.135. The Balaban J connectivity index is 1.87. The van der Waals surface area contributed by atoms with Crippen LogP contribution in [0.5, 0.6) is 11.5 Å². The number of pyridine rings is 1. The summed E-state index contributed by atoms with van der Waals surface area (Å²) < 4.78 is 11.7. The van der Waals surface area contributed by atoms with Gasteiger partial charge in [-0.25, -0.2) is 0 Å². The zero-order valence-corrected chi connectivity index (χ0v) is 14.0. The molecule has 5 heteroatoms. The summed E-state index contributed by atoms with van der Waals surface area (Å²) in [7, 11) is 0. The maximum atomic E-state index is 9.48. The van der Waals surface area contributed by atoms with E-state index in [4.69, 9.17) is 15.2 Å². The number of benzene rings is 1. The Morgan fingerprint density at radius 1 is 1.38 bits per heavy atom. The van der Waals surface area contributed by atoms with Crippen molar-refractivity contribution in [3.63, 3.8) is 0 Å². The zero-order chi connectivity index (χ0) is 17.1. The van der Waals surface area contributed by atoms with Crippen molar-refractivity contribution in [1.82, 2.24) is 4.98 Å². The van der Waals surface area contributed by atoms with Gasteiger partial charge in [0.1, 0.15) is 24.2 Å². The minimum atomic E-state index is 0.135. The summed E-state index contributed by atoms with van der Waals surface area (Å²) in [5.41, 5.74) is 9.32. The van der Waals surface area contributed by atoms with Crippen molar-refractivity contribution in [1.29, 1.82) is 5.26 Å². The second-order valence-corrected chi connectivity index (χ2v) is 6.41. The summed E-state index contributed by atoms with van der Waals surface area (Å²) in [4.78, 5) is 4.12. The van der Waals surface area contributed by atoms with E-state index < -0.39 is 0 Å². The van der Waals surface area contributed by atoms with Gasteiger partial charge < -0.3 is 15.2 Å². The summed E-state index contributed by atoms with van der Waals surface area (Å²) in [5, 5.41) is 9.48. The molecule has 0 saturated heterocycles. The first-order valence-corrected chi connectivity index (χ1v) is 8.11. The van der Waals surface area contributed by atoms with Crippen LogP contribution in [0.1, 0.15) is 31.4 Å². The highest BCUT2D eigenvalue weighted by molar-refractivity contribution is 5.77. The number of aromatic nitrogens is 1. The molecule has 2 unspecified atom stereocenters. The molecular weight excluding hydrogens is 302 g/mol. The summed E-state index contributed by atoms with van der Waals surface area (Å²) in [6, 6.07) is 7.95. The Morgan fingerprint density at radius 2 is 2.21 bits per heavy atom. The Bertz CT molecular complexity index is 781. The molecule has 0 amide bonds. The van der Waals surface area contributed by atoms with Gasteiger partial charge in [-0.3, -0.25) is 4.98 Å². The predicted molar refractivity (Wildman–Crippen MR) is 91.6 cm³/mol. The number of ether oxygens (including phenoxy) is 2. The van der Waals surface area contributed by atoms with Crippen LogP contribution >= 0.6 is 0 Å². The molecule has 1 aromatic carbocycles. The summed E-state index contributed by atoms with van der Waals surface area (Å²) >= 11 is 0. The Morgan fingerprint density at radius 3 is 2.96 bits per heavy atom. The van der Waals surface area contributed by atoms with Crippen LogP contribution in [-0.2, 0) is 6.61 Å². The molecule has 3 rings (SSSR count). The molecule has 1 aliphatic heterocycles. The third-order valence-corrected chi connectivity index (χ3v) is 4.08.